The summed E-state index contributed by atoms with van der Waals surface area (Å²) < 4.78 is 0. The van der Waals surface area contributed by atoms with E-state index in [-0.39, 0.29) is 5.91 Å². The largest absolute Gasteiger partial charge is 0.352 e. The molecular weight excluding hydrogens is 176 g/mol. The maximum absolute atomic E-state index is 11.4. The summed E-state index contributed by atoms with van der Waals surface area (Å²) in [6.07, 6.45) is 3.42. The summed E-state index contributed by atoms with van der Waals surface area (Å²) in [5.74, 6) is 0.883. The summed E-state index contributed by atoms with van der Waals surface area (Å²) in [7, 11) is 0. The van der Waals surface area contributed by atoms with Gasteiger partial charge in [-0.3, -0.25) is 4.79 Å². The molecule has 1 saturated carbocycles. The molecule has 3 heteroatoms. The standard InChI is InChI=1S/C11H22N2O/c1-4-8(3)12-7-11(14)13-10-6-9(10)5-2/h8-10,12H,4-7H2,1-3H3,(H,13,14). The third kappa shape index (κ3) is 3.66. The predicted molar refractivity (Wildman–Crippen MR) is 58.1 cm³/mol. The maximum Gasteiger partial charge on any atom is 0.234 e. The van der Waals surface area contributed by atoms with Crippen LogP contribution >= 0.6 is 0 Å². The molecule has 0 saturated heterocycles. The molecule has 82 valence electrons. The van der Waals surface area contributed by atoms with Crippen molar-refractivity contribution in [2.45, 2.75) is 52.1 Å². The third-order valence-corrected chi connectivity index (χ3v) is 3.02. The van der Waals surface area contributed by atoms with E-state index in [9.17, 15) is 4.79 Å². The average Bonchev–Trinajstić information content (AvgIpc) is 2.92. The highest BCUT2D eigenvalue weighted by atomic mass is 16.2. The van der Waals surface area contributed by atoms with Crippen molar-refractivity contribution in [2.24, 2.45) is 5.92 Å². The first kappa shape index (κ1) is 11.5. The summed E-state index contributed by atoms with van der Waals surface area (Å²) in [6, 6.07) is 0.896. The van der Waals surface area contributed by atoms with E-state index in [0.717, 1.165) is 12.3 Å². The topological polar surface area (TPSA) is 41.1 Å². The van der Waals surface area contributed by atoms with E-state index in [1.54, 1.807) is 0 Å². The Morgan fingerprint density at radius 2 is 2.21 bits per heavy atom. The van der Waals surface area contributed by atoms with Crippen molar-refractivity contribution >= 4 is 5.91 Å². The Kier molecular flexibility index (Phi) is 4.39. The van der Waals surface area contributed by atoms with Crippen molar-refractivity contribution in [3.05, 3.63) is 0 Å². The van der Waals surface area contributed by atoms with Gasteiger partial charge in [-0.1, -0.05) is 20.3 Å². The van der Waals surface area contributed by atoms with Crippen molar-refractivity contribution in [3.63, 3.8) is 0 Å². The van der Waals surface area contributed by atoms with Crippen LogP contribution in [0.1, 0.15) is 40.0 Å². The van der Waals surface area contributed by atoms with Crippen molar-refractivity contribution in [1.82, 2.24) is 10.6 Å². The first-order valence-corrected chi connectivity index (χ1v) is 5.70. The van der Waals surface area contributed by atoms with Gasteiger partial charge in [0.2, 0.25) is 5.91 Å². The van der Waals surface area contributed by atoms with E-state index in [2.05, 4.69) is 31.4 Å². The van der Waals surface area contributed by atoms with Gasteiger partial charge in [-0.05, 0) is 25.7 Å². The molecule has 2 N–H and O–H groups in total. The molecule has 0 aromatic rings. The van der Waals surface area contributed by atoms with Gasteiger partial charge in [-0.15, -0.1) is 0 Å². The molecule has 0 aromatic carbocycles. The van der Waals surface area contributed by atoms with Crippen LogP contribution in [0, 0.1) is 5.92 Å². The highest BCUT2D eigenvalue weighted by Gasteiger charge is 2.36. The fourth-order valence-corrected chi connectivity index (χ4v) is 1.54. The number of amides is 1. The molecule has 1 rings (SSSR count). The van der Waals surface area contributed by atoms with Crippen LogP contribution in [0.4, 0.5) is 0 Å². The molecule has 1 aliphatic carbocycles. The summed E-state index contributed by atoms with van der Waals surface area (Å²) in [4.78, 5) is 11.4. The lowest BCUT2D eigenvalue weighted by atomic mass is 10.2. The van der Waals surface area contributed by atoms with Gasteiger partial charge in [0.05, 0.1) is 6.54 Å². The number of rotatable bonds is 6. The third-order valence-electron chi connectivity index (χ3n) is 3.02. The Morgan fingerprint density at radius 3 is 2.71 bits per heavy atom. The van der Waals surface area contributed by atoms with E-state index in [1.807, 2.05) is 0 Å². The minimum atomic E-state index is 0.145. The molecule has 3 unspecified atom stereocenters. The summed E-state index contributed by atoms with van der Waals surface area (Å²) in [5.41, 5.74) is 0. The molecule has 0 aromatic heterocycles. The first-order chi connectivity index (χ1) is 6.67. The van der Waals surface area contributed by atoms with E-state index >= 15 is 0 Å². The van der Waals surface area contributed by atoms with Gasteiger partial charge in [0.15, 0.2) is 0 Å². The van der Waals surface area contributed by atoms with Crippen LogP contribution in [0.25, 0.3) is 0 Å². The van der Waals surface area contributed by atoms with Gasteiger partial charge in [0.25, 0.3) is 0 Å². The summed E-state index contributed by atoms with van der Waals surface area (Å²) in [6.45, 7) is 6.85. The lowest BCUT2D eigenvalue weighted by Crippen LogP contribution is -2.39. The highest BCUT2D eigenvalue weighted by Crippen LogP contribution is 2.32. The van der Waals surface area contributed by atoms with Gasteiger partial charge in [-0.25, -0.2) is 0 Å². The van der Waals surface area contributed by atoms with Gasteiger partial charge in [0.1, 0.15) is 0 Å². The molecule has 1 fully saturated rings. The van der Waals surface area contributed by atoms with Gasteiger partial charge < -0.3 is 10.6 Å². The minimum absolute atomic E-state index is 0.145. The number of carbonyl (C=O) groups is 1. The van der Waals surface area contributed by atoms with Crippen LogP contribution in [-0.2, 0) is 4.79 Å². The molecule has 1 amide bonds. The number of carbonyl (C=O) groups excluding carboxylic acids is 1. The molecular formula is C11H22N2O. The average molecular weight is 198 g/mol. The molecule has 0 spiro atoms. The van der Waals surface area contributed by atoms with Gasteiger partial charge in [-0.2, -0.15) is 0 Å². The van der Waals surface area contributed by atoms with Crippen molar-refractivity contribution in [1.29, 1.82) is 0 Å². The van der Waals surface area contributed by atoms with Crippen LogP contribution in [0.3, 0.4) is 0 Å². The lowest BCUT2D eigenvalue weighted by molar-refractivity contribution is -0.120. The molecule has 1 aliphatic rings. The zero-order valence-corrected chi connectivity index (χ0v) is 9.47. The van der Waals surface area contributed by atoms with Crippen LogP contribution in [0.5, 0.6) is 0 Å². The number of hydrogen-bond acceptors (Lipinski definition) is 2. The Morgan fingerprint density at radius 1 is 1.50 bits per heavy atom. The van der Waals surface area contributed by atoms with E-state index in [4.69, 9.17) is 0 Å². The molecule has 0 heterocycles. The van der Waals surface area contributed by atoms with Crippen LogP contribution in [0.2, 0.25) is 0 Å². The number of hydrogen-bond donors (Lipinski definition) is 2. The van der Waals surface area contributed by atoms with E-state index in [1.165, 1.54) is 12.8 Å². The SMILES string of the molecule is CCC(C)NCC(=O)NC1CC1CC. The summed E-state index contributed by atoms with van der Waals surface area (Å²) in [5, 5.41) is 6.22. The number of nitrogens with one attached hydrogen (secondary N) is 2. The van der Waals surface area contributed by atoms with Gasteiger partial charge in [0, 0.05) is 12.1 Å². The van der Waals surface area contributed by atoms with Crippen LogP contribution in [0.15, 0.2) is 0 Å². The van der Waals surface area contributed by atoms with Crippen molar-refractivity contribution < 1.29 is 4.79 Å². The quantitative estimate of drug-likeness (QED) is 0.675. The Bertz CT molecular complexity index is 194. The molecule has 0 radical (unpaired) electrons. The second kappa shape index (κ2) is 5.35. The second-order valence-corrected chi connectivity index (χ2v) is 4.27. The Balaban J connectivity index is 2.05. The first-order valence-electron chi connectivity index (χ1n) is 5.70. The Hall–Kier alpha value is -0.570. The molecule has 0 bridgehead atoms. The van der Waals surface area contributed by atoms with E-state index < -0.39 is 0 Å². The smallest absolute Gasteiger partial charge is 0.234 e. The Labute approximate surface area is 86.6 Å². The van der Waals surface area contributed by atoms with Crippen LogP contribution in [-0.4, -0.2) is 24.5 Å². The predicted octanol–water partition coefficient (Wildman–Crippen LogP) is 1.29. The zero-order valence-electron chi connectivity index (χ0n) is 9.47. The van der Waals surface area contributed by atoms with E-state index in [0.29, 0.717) is 18.6 Å². The maximum atomic E-state index is 11.4. The lowest BCUT2D eigenvalue weighted by Gasteiger charge is -2.10. The van der Waals surface area contributed by atoms with Crippen molar-refractivity contribution in [3.8, 4) is 0 Å². The minimum Gasteiger partial charge on any atom is -0.352 e. The molecule has 3 nitrogen and oxygen atoms in total. The normalized spacial score (nSPS) is 27.1. The highest BCUT2D eigenvalue weighted by molar-refractivity contribution is 5.78. The van der Waals surface area contributed by atoms with Crippen molar-refractivity contribution in [2.75, 3.05) is 6.54 Å². The fraction of sp³-hybridized carbons (Fsp3) is 0.909. The summed E-state index contributed by atoms with van der Waals surface area (Å²) >= 11 is 0. The molecule has 0 aliphatic heterocycles. The monoisotopic (exact) mass is 198 g/mol. The zero-order chi connectivity index (χ0) is 10.6. The molecule has 14 heavy (non-hydrogen) atoms. The fourth-order valence-electron chi connectivity index (χ4n) is 1.54. The van der Waals surface area contributed by atoms with Gasteiger partial charge >= 0.3 is 0 Å². The second-order valence-electron chi connectivity index (χ2n) is 4.27. The van der Waals surface area contributed by atoms with Crippen LogP contribution < -0.4 is 10.6 Å². The molecule has 3 atom stereocenters.